The van der Waals surface area contributed by atoms with Crippen LogP contribution in [0.2, 0.25) is 0 Å². The Hall–Kier alpha value is -0.895. The van der Waals surface area contributed by atoms with Gasteiger partial charge in [0.25, 0.3) is 0 Å². The molecule has 0 amide bonds. The quantitative estimate of drug-likeness (QED) is 0.150. The number of hydrogen-bond donors (Lipinski definition) is 0. The van der Waals surface area contributed by atoms with Crippen molar-refractivity contribution in [2.24, 2.45) is 0 Å². The Kier molecular flexibility index (Phi) is 15.6. The summed E-state index contributed by atoms with van der Waals surface area (Å²) >= 11 is 1.33. The molecule has 0 unspecified atom stereocenters. The van der Waals surface area contributed by atoms with Crippen LogP contribution in [-0.4, -0.2) is 40.4 Å². The van der Waals surface area contributed by atoms with E-state index in [1.807, 2.05) is 0 Å². The SMILES string of the molecule is [I][Pt][I].c1cc[c]([SbH]([c]2ccccc2)[c]2ccccc2)cc1.c1cc[c]([SbH]([c]2ccccc2)[c]2ccccc2)cc1. The van der Waals surface area contributed by atoms with Gasteiger partial charge < -0.3 is 0 Å². The molecule has 2 radical (unpaired) electrons. The first-order chi connectivity index (χ1) is 20.3. The molecule has 5 heteroatoms. The predicted octanol–water partition coefficient (Wildman–Crippen LogP) is 5.64. The summed E-state index contributed by atoms with van der Waals surface area (Å²) in [5, 5.41) is 0. The van der Waals surface area contributed by atoms with Crippen LogP contribution in [0.1, 0.15) is 0 Å². The molecule has 210 valence electrons. The Morgan fingerprint density at radius 3 is 0.512 bits per heavy atom. The molecule has 0 heterocycles. The first kappa shape index (κ1) is 33.0. The van der Waals surface area contributed by atoms with Crippen molar-refractivity contribution < 1.29 is 11.2 Å². The first-order valence-corrected chi connectivity index (χ1v) is 34.7. The molecule has 0 fully saturated rings. The fourth-order valence-corrected chi connectivity index (χ4v) is 19.3. The van der Waals surface area contributed by atoms with E-state index in [2.05, 4.69) is 221 Å². The van der Waals surface area contributed by atoms with Gasteiger partial charge >= 0.3 is 293 Å². The van der Waals surface area contributed by atoms with Gasteiger partial charge in [0.2, 0.25) is 0 Å². The van der Waals surface area contributed by atoms with Crippen LogP contribution in [0.15, 0.2) is 182 Å². The molecule has 0 spiro atoms. The number of halogens is 2. The van der Waals surface area contributed by atoms with Crippen LogP contribution in [0.3, 0.4) is 0 Å². The zero-order valence-corrected chi connectivity index (χ0v) is 34.7. The van der Waals surface area contributed by atoms with E-state index in [0.717, 1.165) is 0 Å². The van der Waals surface area contributed by atoms with Crippen LogP contribution in [0.5, 0.6) is 0 Å². The van der Waals surface area contributed by atoms with Gasteiger partial charge in [-0.3, -0.25) is 0 Å². The van der Waals surface area contributed by atoms with Crippen molar-refractivity contribution in [2.75, 3.05) is 0 Å². The minimum atomic E-state index is -1.98. The van der Waals surface area contributed by atoms with E-state index < -0.39 is 40.4 Å². The minimum absolute atomic E-state index is 0.523. The van der Waals surface area contributed by atoms with Gasteiger partial charge in [-0.2, -0.15) is 0 Å². The Labute approximate surface area is 289 Å². The van der Waals surface area contributed by atoms with Crippen LogP contribution in [0.4, 0.5) is 0 Å². The molecule has 0 bridgehead atoms. The summed E-state index contributed by atoms with van der Waals surface area (Å²) in [5.41, 5.74) is 0. The van der Waals surface area contributed by atoms with Crippen LogP contribution in [-0.2, 0) is 11.2 Å². The van der Waals surface area contributed by atoms with Crippen molar-refractivity contribution in [1.82, 2.24) is 0 Å². The molecule has 6 rings (SSSR count). The van der Waals surface area contributed by atoms with Crippen molar-refractivity contribution in [1.29, 1.82) is 0 Å². The van der Waals surface area contributed by atoms with Crippen molar-refractivity contribution in [3.05, 3.63) is 182 Å². The summed E-state index contributed by atoms with van der Waals surface area (Å²) in [5.74, 6) is 0. The average molecular weight is 1160 g/mol. The van der Waals surface area contributed by atoms with Gasteiger partial charge in [0.15, 0.2) is 0 Å². The molecule has 0 atom stereocenters. The molecule has 0 saturated heterocycles. The second-order valence-corrected chi connectivity index (χ2v) is 39.8. The van der Waals surface area contributed by atoms with Crippen molar-refractivity contribution >= 4 is 100 Å². The average Bonchev–Trinajstić information content (AvgIpc) is 3.05. The van der Waals surface area contributed by atoms with Gasteiger partial charge in [-0.1, -0.05) is 0 Å². The molecular formula is C36H32I2PtSb2. The van der Waals surface area contributed by atoms with Crippen LogP contribution >= 0.6 is 38.7 Å². The second kappa shape index (κ2) is 19.4. The van der Waals surface area contributed by atoms with Gasteiger partial charge in [0.1, 0.15) is 0 Å². The third-order valence-electron chi connectivity index (χ3n) is 6.37. The standard InChI is InChI=1S/6C6H5.2HI.Pt.2Sb.2H/c6*1-2-4-6-5-3-1;;;;;;;/h6*1-5H;2*1H;;;;;/q;;;;;;;;+2;;;;/p-2. The summed E-state index contributed by atoms with van der Waals surface area (Å²) in [7, 11) is 0. The second-order valence-electron chi connectivity index (χ2n) is 8.99. The molecule has 41 heavy (non-hydrogen) atoms. The van der Waals surface area contributed by atoms with Crippen LogP contribution in [0, 0.1) is 0 Å². The fraction of sp³-hybridized carbons (Fsp3) is 0. The molecule has 0 aromatic heterocycles. The van der Waals surface area contributed by atoms with Gasteiger partial charge in [-0.25, -0.2) is 0 Å². The van der Waals surface area contributed by atoms with Crippen molar-refractivity contribution in [3.63, 3.8) is 0 Å². The predicted molar refractivity (Wildman–Crippen MR) is 199 cm³/mol. The topological polar surface area (TPSA) is 0 Å². The van der Waals surface area contributed by atoms with E-state index in [1.54, 1.807) is 0 Å². The van der Waals surface area contributed by atoms with E-state index >= 15 is 0 Å². The molecule has 0 aliphatic rings. The molecule has 0 aliphatic carbocycles. The van der Waals surface area contributed by atoms with Crippen molar-refractivity contribution in [2.45, 2.75) is 0 Å². The summed E-state index contributed by atoms with van der Waals surface area (Å²) in [6.45, 7) is 0. The molecule has 0 aliphatic heterocycles. The number of rotatable bonds is 6. The number of benzene rings is 6. The van der Waals surface area contributed by atoms with Gasteiger partial charge in [0, 0.05) is 0 Å². The molecule has 0 nitrogen and oxygen atoms in total. The summed E-state index contributed by atoms with van der Waals surface area (Å²) in [6, 6.07) is 65.9. The number of hydrogen-bond acceptors (Lipinski definition) is 0. The van der Waals surface area contributed by atoms with E-state index in [1.165, 1.54) is 21.1 Å². The zero-order chi connectivity index (χ0) is 28.5. The molecule has 6 aromatic carbocycles. The molecule has 6 aromatic rings. The molecule has 0 saturated carbocycles. The van der Waals surface area contributed by atoms with Crippen molar-refractivity contribution in [3.8, 4) is 0 Å². The Morgan fingerprint density at radius 1 is 0.268 bits per heavy atom. The van der Waals surface area contributed by atoms with E-state index in [9.17, 15) is 0 Å². The summed E-state index contributed by atoms with van der Waals surface area (Å²) in [6.07, 6.45) is 0. The zero-order valence-electron chi connectivity index (χ0n) is 22.4. The van der Waals surface area contributed by atoms with Gasteiger partial charge in [-0.05, 0) is 0 Å². The summed E-state index contributed by atoms with van der Waals surface area (Å²) in [4.78, 5) is 0. The third-order valence-corrected chi connectivity index (χ3v) is 22.0. The van der Waals surface area contributed by atoms with E-state index in [0.29, 0.717) is 11.2 Å². The molecule has 0 N–H and O–H groups in total. The Bertz CT molecular complexity index is 1200. The van der Waals surface area contributed by atoms with E-state index in [-0.39, 0.29) is 0 Å². The maximum absolute atomic E-state index is 2.39. The monoisotopic (exact) mass is 1150 g/mol. The fourth-order valence-electron chi connectivity index (χ4n) is 4.63. The normalized spacial score (nSPS) is 10.3. The van der Waals surface area contributed by atoms with Crippen LogP contribution in [0.25, 0.3) is 0 Å². The van der Waals surface area contributed by atoms with Gasteiger partial charge in [-0.15, -0.1) is 0 Å². The van der Waals surface area contributed by atoms with Gasteiger partial charge in [0.05, 0.1) is 0 Å². The Balaban J connectivity index is 0.000000173. The summed E-state index contributed by atoms with van der Waals surface area (Å²) < 4.78 is 9.18. The third kappa shape index (κ3) is 10.6. The van der Waals surface area contributed by atoms with Crippen LogP contribution < -0.4 is 21.1 Å². The maximum atomic E-state index is 2.39. The first-order valence-electron chi connectivity index (χ1n) is 13.2. The molecular weight excluding hydrogens is 1120 g/mol. The van der Waals surface area contributed by atoms with E-state index in [4.69, 9.17) is 0 Å². The Morgan fingerprint density at radius 2 is 0.390 bits per heavy atom.